The molecule has 0 unspecified atom stereocenters. The Morgan fingerprint density at radius 2 is 1.89 bits per heavy atom. The molecule has 0 aliphatic carbocycles. The normalized spacial score (nSPS) is 12.1. The number of aromatic nitrogens is 1. The maximum Gasteiger partial charge on any atom is 0.416 e. The molecule has 0 saturated carbocycles. The minimum absolute atomic E-state index is 0.168. The summed E-state index contributed by atoms with van der Waals surface area (Å²) in [5.41, 5.74) is -0.592. The number of rotatable bonds is 3. The number of carboxylic acids is 1. The van der Waals surface area contributed by atoms with Crippen LogP contribution in [0, 0.1) is 0 Å². The zero-order chi connectivity index (χ0) is 19.3. The van der Waals surface area contributed by atoms with E-state index in [-0.39, 0.29) is 17.4 Å². The molecule has 0 aliphatic heterocycles. The number of alkyl halides is 3. The van der Waals surface area contributed by atoms with Gasteiger partial charge in [-0.15, -0.1) is 0 Å². The SMILES string of the molecule is O=C(O)c1cc(C(F)(F)F)cc2ccn(Cc3cc4cc(Cl)ccc4o3)c12. The predicted molar refractivity (Wildman–Crippen MR) is 94.2 cm³/mol. The third kappa shape index (κ3) is 3.14. The molecule has 0 atom stereocenters. The molecule has 8 heteroatoms. The number of carbonyl (C=O) groups is 1. The molecule has 1 N–H and O–H groups in total. The summed E-state index contributed by atoms with van der Waals surface area (Å²) in [6, 6.07) is 9.94. The van der Waals surface area contributed by atoms with Crippen LogP contribution < -0.4 is 0 Å². The average molecular weight is 394 g/mol. The molecular formula is C19H11ClF3NO3. The van der Waals surface area contributed by atoms with Crippen LogP contribution in [-0.2, 0) is 12.7 Å². The van der Waals surface area contributed by atoms with Gasteiger partial charge >= 0.3 is 12.1 Å². The second-order valence-corrected chi connectivity index (χ2v) is 6.54. The van der Waals surface area contributed by atoms with E-state index in [9.17, 15) is 23.1 Å². The Hall–Kier alpha value is -2.93. The van der Waals surface area contributed by atoms with Gasteiger partial charge in [-0.2, -0.15) is 13.2 Å². The predicted octanol–water partition coefficient (Wildman–Crippen LogP) is 5.81. The van der Waals surface area contributed by atoms with Gasteiger partial charge in [-0.1, -0.05) is 11.6 Å². The lowest BCUT2D eigenvalue weighted by atomic mass is 10.1. The van der Waals surface area contributed by atoms with Gasteiger partial charge in [-0.25, -0.2) is 4.79 Å². The summed E-state index contributed by atoms with van der Waals surface area (Å²) in [4.78, 5) is 11.6. The van der Waals surface area contributed by atoms with Gasteiger partial charge in [0.1, 0.15) is 11.3 Å². The van der Waals surface area contributed by atoms with Gasteiger partial charge in [0.2, 0.25) is 0 Å². The van der Waals surface area contributed by atoms with E-state index in [0.29, 0.717) is 22.4 Å². The number of aromatic carboxylic acids is 1. The Balaban J connectivity index is 1.83. The quantitative estimate of drug-likeness (QED) is 0.478. The van der Waals surface area contributed by atoms with Crippen molar-refractivity contribution in [1.29, 1.82) is 0 Å². The second-order valence-electron chi connectivity index (χ2n) is 6.10. The number of fused-ring (bicyclic) bond motifs is 2. The maximum absolute atomic E-state index is 13.0. The Kier molecular flexibility index (Phi) is 3.92. The summed E-state index contributed by atoms with van der Waals surface area (Å²) in [6.45, 7) is 0.168. The van der Waals surface area contributed by atoms with Gasteiger partial charge in [-0.05, 0) is 42.5 Å². The van der Waals surface area contributed by atoms with Crippen LogP contribution in [0.4, 0.5) is 13.2 Å². The van der Waals surface area contributed by atoms with E-state index in [1.54, 1.807) is 28.8 Å². The fourth-order valence-electron chi connectivity index (χ4n) is 3.12. The minimum atomic E-state index is -4.63. The lowest BCUT2D eigenvalue weighted by Crippen LogP contribution is -2.09. The van der Waals surface area contributed by atoms with Crippen LogP contribution in [0.3, 0.4) is 0 Å². The number of nitrogens with zero attached hydrogens (tertiary/aromatic N) is 1. The van der Waals surface area contributed by atoms with E-state index in [1.807, 2.05) is 0 Å². The number of hydrogen-bond donors (Lipinski definition) is 1. The van der Waals surface area contributed by atoms with E-state index in [2.05, 4.69) is 0 Å². The summed E-state index contributed by atoms with van der Waals surface area (Å²) in [5.74, 6) is -0.900. The highest BCUT2D eigenvalue weighted by atomic mass is 35.5. The molecule has 0 bridgehead atoms. The Bertz CT molecular complexity index is 1190. The first-order valence-corrected chi connectivity index (χ1v) is 8.21. The molecule has 4 aromatic rings. The van der Waals surface area contributed by atoms with E-state index >= 15 is 0 Å². The molecule has 0 amide bonds. The van der Waals surface area contributed by atoms with E-state index in [1.165, 1.54) is 12.3 Å². The van der Waals surface area contributed by atoms with Crippen LogP contribution in [0.2, 0.25) is 5.02 Å². The monoisotopic (exact) mass is 393 g/mol. The van der Waals surface area contributed by atoms with Crippen molar-refractivity contribution in [2.45, 2.75) is 12.7 Å². The summed E-state index contributed by atoms with van der Waals surface area (Å²) in [6.07, 6.45) is -3.09. The lowest BCUT2D eigenvalue weighted by Gasteiger charge is -2.11. The zero-order valence-corrected chi connectivity index (χ0v) is 14.3. The fraction of sp³-hybridized carbons (Fsp3) is 0.105. The van der Waals surface area contributed by atoms with E-state index in [0.717, 1.165) is 11.5 Å². The van der Waals surface area contributed by atoms with Crippen molar-refractivity contribution in [3.05, 3.63) is 70.6 Å². The number of halogens is 4. The van der Waals surface area contributed by atoms with Crippen molar-refractivity contribution in [1.82, 2.24) is 4.57 Å². The molecule has 0 fully saturated rings. The highest BCUT2D eigenvalue weighted by molar-refractivity contribution is 6.31. The maximum atomic E-state index is 13.0. The van der Waals surface area contributed by atoms with Crippen LogP contribution >= 0.6 is 11.6 Å². The molecule has 138 valence electrons. The third-order valence-electron chi connectivity index (χ3n) is 4.27. The smallest absolute Gasteiger partial charge is 0.416 e. The summed E-state index contributed by atoms with van der Waals surface area (Å²) >= 11 is 5.95. The van der Waals surface area contributed by atoms with Gasteiger partial charge in [-0.3, -0.25) is 0 Å². The number of benzene rings is 2. The Morgan fingerprint density at radius 3 is 2.59 bits per heavy atom. The topological polar surface area (TPSA) is 55.4 Å². The number of furan rings is 1. The van der Waals surface area contributed by atoms with Crippen LogP contribution in [0.1, 0.15) is 21.7 Å². The Morgan fingerprint density at radius 1 is 1.11 bits per heavy atom. The molecule has 0 radical (unpaired) electrons. The van der Waals surface area contributed by atoms with E-state index < -0.39 is 23.3 Å². The molecule has 4 nitrogen and oxygen atoms in total. The van der Waals surface area contributed by atoms with E-state index in [4.69, 9.17) is 16.0 Å². The van der Waals surface area contributed by atoms with Crippen molar-refractivity contribution in [2.75, 3.05) is 0 Å². The highest BCUT2D eigenvalue weighted by Gasteiger charge is 2.32. The van der Waals surface area contributed by atoms with Gasteiger partial charge in [0.25, 0.3) is 0 Å². The van der Waals surface area contributed by atoms with Crippen LogP contribution in [0.5, 0.6) is 0 Å². The number of hydrogen-bond acceptors (Lipinski definition) is 2. The molecule has 2 heterocycles. The summed E-state index contributed by atoms with van der Waals surface area (Å²) < 4.78 is 46.4. The average Bonchev–Trinajstić information content (AvgIpc) is 3.16. The number of carboxylic acid groups (broad SMARTS) is 1. The van der Waals surface area contributed by atoms with Crippen molar-refractivity contribution in [3.63, 3.8) is 0 Å². The fourth-order valence-corrected chi connectivity index (χ4v) is 3.30. The lowest BCUT2D eigenvalue weighted by molar-refractivity contribution is -0.137. The summed E-state index contributed by atoms with van der Waals surface area (Å²) in [5, 5.41) is 10.9. The Labute approximate surface area is 155 Å². The zero-order valence-electron chi connectivity index (χ0n) is 13.5. The largest absolute Gasteiger partial charge is 0.478 e. The molecule has 27 heavy (non-hydrogen) atoms. The summed E-state index contributed by atoms with van der Waals surface area (Å²) in [7, 11) is 0. The first-order chi connectivity index (χ1) is 12.7. The molecule has 4 rings (SSSR count). The van der Waals surface area contributed by atoms with Crippen molar-refractivity contribution < 1.29 is 27.5 Å². The minimum Gasteiger partial charge on any atom is -0.478 e. The molecule has 0 aliphatic rings. The van der Waals surface area contributed by atoms with Crippen LogP contribution in [-0.4, -0.2) is 15.6 Å². The molecule has 0 saturated heterocycles. The first-order valence-electron chi connectivity index (χ1n) is 7.84. The second kappa shape index (κ2) is 6.06. The third-order valence-corrected chi connectivity index (χ3v) is 4.51. The molecule has 2 aromatic carbocycles. The van der Waals surface area contributed by atoms with Crippen LogP contribution in [0.25, 0.3) is 21.9 Å². The molecule has 2 aromatic heterocycles. The van der Waals surface area contributed by atoms with Crippen molar-refractivity contribution in [2.24, 2.45) is 0 Å². The van der Waals surface area contributed by atoms with Gasteiger partial charge in [0, 0.05) is 22.0 Å². The van der Waals surface area contributed by atoms with Gasteiger partial charge in [0.05, 0.1) is 23.2 Å². The molecule has 0 spiro atoms. The van der Waals surface area contributed by atoms with Crippen molar-refractivity contribution >= 4 is 39.4 Å². The van der Waals surface area contributed by atoms with Crippen molar-refractivity contribution in [3.8, 4) is 0 Å². The molecular weight excluding hydrogens is 383 g/mol. The highest BCUT2D eigenvalue weighted by Crippen LogP contribution is 2.34. The van der Waals surface area contributed by atoms with Gasteiger partial charge < -0.3 is 14.1 Å². The first kappa shape index (κ1) is 17.5. The standard InChI is InChI=1S/C19H11ClF3NO3/c20-13-1-2-16-11(6-13)7-14(27-16)9-24-4-3-10-5-12(19(21,22)23)8-15(17(10)24)18(25)26/h1-8H,9H2,(H,25,26). The van der Waals surface area contributed by atoms with Gasteiger partial charge in [0.15, 0.2) is 0 Å². The van der Waals surface area contributed by atoms with Crippen LogP contribution in [0.15, 0.2) is 53.1 Å².